The molecule has 1 aliphatic carbocycles. The Morgan fingerprint density at radius 3 is 2.36 bits per heavy atom. The highest BCUT2D eigenvalue weighted by atomic mass is 16.3. The van der Waals surface area contributed by atoms with Gasteiger partial charge in [-0.15, -0.1) is 0 Å². The molecule has 1 aromatic rings. The number of amides is 3. The third-order valence-corrected chi connectivity index (χ3v) is 5.18. The van der Waals surface area contributed by atoms with Crippen molar-refractivity contribution in [3.8, 4) is 0 Å². The van der Waals surface area contributed by atoms with Crippen molar-refractivity contribution >= 4 is 11.9 Å². The van der Waals surface area contributed by atoms with Crippen molar-refractivity contribution in [3.05, 3.63) is 35.4 Å². The maximum Gasteiger partial charge on any atom is 0.312 e. The number of urea groups is 1. The molecular weight excluding hydrogens is 320 g/mol. The van der Waals surface area contributed by atoms with Gasteiger partial charge in [-0.1, -0.05) is 12.1 Å². The fourth-order valence-corrected chi connectivity index (χ4v) is 3.74. The number of nitrogens with two attached hydrogens (primary N) is 1. The molecule has 1 saturated carbocycles. The predicted octanol–water partition coefficient (Wildman–Crippen LogP) is 0.526. The lowest BCUT2D eigenvalue weighted by Gasteiger charge is -2.39. The van der Waals surface area contributed by atoms with Crippen LogP contribution in [0.5, 0.6) is 0 Å². The van der Waals surface area contributed by atoms with Crippen LogP contribution < -0.4 is 11.1 Å². The average molecular weight is 346 g/mol. The molecular formula is C18H26N4O3. The smallest absolute Gasteiger partial charge is 0.312 e. The molecule has 1 aromatic carbocycles. The normalized spacial score (nSPS) is 24.3. The SMILES string of the molecule is NC(=O)NCc1ccc(C(=O)N2CCN(C3CCCC3O)CC2)cc1. The minimum absolute atomic E-state index is 0.0287. The van der Waals surface area contributed by atoms with Gasteiger partial charge in [-0.05, 0) is 37.0 Å². The van der Waals surface area contributed by atoms with Gasteiger partial charge in [0.15, 0.2) is 0 Å². The number of nitrogens with one attached hydrogen (secondary N) is 1. The number of carbonyl (C=O) groups excluding carboxylic acids is 2. The second-order valence-electron chi connectivity index (χ2n) is 6.81. The van der Waals surface area contributed by atoms with Gasteiger partial charge in [-0.25, -0.2) is 4.79 Å². The highest BCUT2D eigenvalue weighted by Gasteiger charge is 2.33. The number of nitrogens with zero attached hydrogens (tertiary/aromatic N) is 2. The molecule has 2 unspecified atom stereocenters. The number of aliphatic hydroxyl groups excluding tert-OH is 1. The van der Waals surface area contributed by atoms with Crippen molar-refractivity contribution < 1.29 is 14.7 Å². The molecule has 0 spiro atoms. The second-order valence-corrected chi connectivity index (χ2v) is 6.81. The number of benzene rings is 1. The second kappa shape index (κ2) is 7.84. The van der Waals surface area contributed by atoms with Gasteiger partial charge in [-0.3, -0.25) is 9.69 Å². The molecule has 0 bridgehead atoms. The molecule has 7 nitrogen and oxygen atoms in total. The summed E-state index contributed by atoms with van der Waals surface area (Å²) in [6.07, 6.45) is 2.81. The molecule has 7 heteroatoms. The van der Waals surface area contributed by atoms with Crippen LogP contribution in [0.25, 0.3) is 0 Å². The fourth-order valence-electron chi connectivity index (χ4n) is 3.74. The van der Waals surface area contributed by atoms with E-state index in [-0.39, 0.29) is 18.1 Å². The third-order valence-electron chi connectivity index (χ3n) is 5.18. The molecule has 1 aliphatic heterocycles. The molecule has 2 atom stereocenters. The van der Waals surface area contributed by atoms with E-state index in [9.17, 15) is 14.7 Å². The maximum absolute atomic E-state index is 12.6. The lowest BCUT2D eigenvalue weighted by Crippen LogP contribution is -2.53. The minimum atomic E-state index is -0.564. The van der Waals surface area contributed by atoms with Crippen molar-refractivity contribution in [1.29, 1.82) is 0 Å². The Morgan fingerprint density at radius 2 is 1.80 bits per heavy atom. The molecule has 2 fully saturated rings. The van der Waals surface area contributed by atoms with Gasteiger partial charge >= 0.3 is 6.03 Å². The van der Waals surface area contributed by atoms with Crippen LogP contribution in [-0.4, -0.2) is 65.2 Å². The summed E-state index contributed by atoms with van der Waals surface area (Å²) in [5, 5.41) is 12.6. The van der Waals surface area contributed by atoms with E-state index in [0.29, 0.717) is 25.2 Å². The van der Waals surface area contributed by atoms with Gasteiger partial charge in [0.2, 0.25) is 0 Å². The van der Waals surface area contributed by atoms with Crippen molar-refractivity contribution in [3.63, 3.8) is 0 Å². The zero-order valence-corrected chi connectivity index (χ0v) is 14.4. The number of primary amides is 1. The number of aliphatic hydroxyl groups is 1. The topological polar surface area (TPSA) is 98.9 Å². The molecule has 1 saturated heterocycles. The summed E-state index contributed by atoms with van der Waals surface area (Å²) in [7, 11) is 0. The molecule has 25 heavy (non-hydrogen) atoms. The number of hydrogen-bond acceptors (Lipinski definition) is 4. The number of carbonyl (C=O) groups is 2. The summed E-state index contributed by atoms with van der Waals surface area (Å²) in [6.45, 7) is 3.36. The van der Waals surface area contributed by atoms with Gasteiger partial charge in [0.1, 0.15) is 0 Å². The van der Waals surface area contributed by atoms with E-state index < -0.39 is 6.03 Å². The van der Waals surface area contributed by atoms with Gasteiger partial charge in [0.25, 0.3) is 5.91 Å². The first-order chi connectivity index (χ1) is 12.0. The number of hydrogen-bond donors (Lipinski definition) is 3. The van der Waals surface area contributed by atoms with Crippen LogP contribution in [0.15, 0.2) is 24.3 Å². The Hall–Kier alpha value is -2.12. The summed E-state index contributed by atoms with van der Waals surface area (Å²) in [5.41, 5.74) is 6.60. The number of piperazine rings is 1. The standard InChI is InChI=1S/C18H26N4O3/c19-18(25)20-12-13-4-6-14(7-5-13)17(24)22-10-8-21(9-11-22)15-2-1-3-16(15)23/h4-7,15-16,23H,1-3,8-12H2,(H3,19,20,25). The fraction of sp³-hybridized carbons (Fsp3) is 0.556. The monoisotopic (exact) mass is 346 g/mol. The predicted molar refractivity (Wildman–Crippen MR) is 94.0 cm³/mol. The van der Waals surface area contributed by atoms with Crippen LogP contribution in [-0.2, 0) is 6.54 Å². The van der Waals surface area contributed by atoms with Crippen LogP contribution in [0.4, 0.5) is 4.79 Å². The molecule has 3 rings (SSSR count). The molecule has 0 radical (unpaired) electrons. The Balaban J connectivity index is 1.52. The molecule has 0 aromatic heterocycles. The third kappa shape index (κ3) is 4.29. The van der Waals surface area contributed by atoms with E-state index in [1.54, 1.807) is 12.1 Å². The zero-order valence-electron chi connectivity index (χ0n) is 14.4. The van der Waals surface area contributed by atoms with Crippen molar-refractivity contribution in [2.24, 2.45) is 5.73 Å². The van der Waals surface area contributed by atoms with E-state index in [0.717, 1.165) is 37.9 Å². The van der Waals surface area contributed by atoms with E-state index in [2.05, 4.69) is 10.2 Å². The van der Waals surface area contributed by atoms with Gasteiger partial charge in [0, 0.05) is 44.3 Å². The molecule has 1 heterocycles. The van der Waals surface area contributed by atoms with E-state index >= 15 is 0 Å². The highest BCUT2D eigenvalue weighted by molar-refractivity contribution is 5.94. The van der Waals surface area contributed by atoms with Crippen LogP contribution >= 0.6 is 0 Å². The first kappa shape index (κ1) is 17.7. The Labute approximate surface area is 147 Å². The average Bonchev–Trinajstić information content (AvgIpc) is 3.06. The zero-order chi connectivity index (χ0) is 17.8. The lowest BCUT2D eigenvalue weighted by molar-refractivity contribution is 0.0315. The molecule has 4 N–H and O–H groups in total. The van der Waals surface area contributed by atoms with E-state index in [1.807, 2.05) is 17.0 Å². The minimum Gasteiger partial charge on any atom is -0.391 e. The Kier molecular flexibility index (Phi) is 5.55. The highest BCUT2D eigenvalue weighted by Crippen LogP contribution is 2.25. The molecule has 136 valence electrons. The van der Waals surface area contributed by atoms with Crippen LogP contribution in [0.2, 0.25) is 0 Å². The summed E-state index contributed by atoms with van der Waals surface area (Å²) in [4.78, 5) is 27.6. The van der Waals surface area contributed by atoms with Gasteiger partial charge < -0.3 is 21.1 Å². The summed E-state index contributed by atoms with van der Waals surface area (Å²) < 4.78 is 0. The summed E-state index contributed by atoms with van der Waals surface area (Å²) in [6, 6.07) is 6.92. The maximum atomic E-state index is 12.6. The molecule has 2 aliphatic rings. The quantitative estimate of drug-likeness (QED) is 0.740. The summed E-state index contributed by atoms with van der Waals surface area (Å²) >= 11 is 0. The molecule has 3 amide bonds. The number of rotatable bonds is 4. The van der Waals surface area contributed by atoms with Crippen molar-refractivity contribution in [1.82, 2.24) is 15.1 Å². The van der Waals surface area contributed by atoms with Gasteiger partial charge in [-0.2, -0.15) is 0 Å². The largest absolute Gasteiger partial charge is 0.391 e. The van der Waals surface area contributed by atoms with Crippen LogP contribution in [0.3, 0.4) is 0 Å². The summed E-state index contributed by atoms with van der Waals surface area (Å²) in [5.74, 6) is 0.0287. The Bertz CT molecular complexity index is 611. The lowest BCUT2D eigenvalue weighted by atomic mass is 10.1. The van der Waals surface area contributed by atoms with Crippen molar-refractivity contribution in [2.75, 3.05) is 26.2 Å². The van der Waals surface area contributed by atoms with Gasteiger partial charge in [0.05, 0.1) is 6.10 Å². The van der Waals surface area contributed by atoms with E-state index in [4.69, 9.17) is 5.73 Å². The van der Waals surface area contributed by atoms with Crippen molar-refractivity contribution in [2.45, 2.75) is 38.0 Å². The Morgan fingerprint density at radius 1 is 1.12 bits per heavy atom. The van der Waals surface area contributed by atoms with Crippen LogP contribution in [0, 0.1) is 0 Å². The first-order valence-corrected chi connectivity index (χ1v) is 8.88. The van der Waals surface area contributed by atoms with E-state index in [1.165, 1.54) is 0 Å². The van der Waals surface area contributed by atoms with Crippen LogP contribution in [0.1, 0.15) is 35.2 Å². The first-order valence-electron chi connectivity index (χ1n) is 8.88.